The lowest BCUT2D eigenvalue weighted by molar-refractivity contribution is -0.620. The first-order chi connectivity index (χ1) is 10.8. The lowest BCUT2D eigenvalue weighted by atomic mass is 10.2. The van der Waals surface area contributed by atoms with Gasteiger partial charge in [-0.2, -0.15) is 4.40 Å². The smallest absolute Gasteiger partial charge is 0.230 e. The fourth-order valence-electron chi connectivity index (χ4n) is 3.50. The van der Waals surface area contributed by atoms with Crippen LogP contribution in [0.4, 0.5) is 0 Å². The van der Waals surface area contributed by atoms with Crippen LogP contribution < -0.4 is 4.57 Å². The molecule has 0 spiro atoms. The van der Waals surface area contributed by atoms with Gasteiger partial charge in [0.1, 0.15) is 22.1 Å². The minimum atomic E-state index is 0.982. The number of fused-ring (bicyclic) bond motifs is 7. The molecule has 4 heteroatoms. The summed E-state index contributed by atoms with van der Waals surface area (Å²) in [5.41, 5.74) is 6.86. The highest BCUT2D eigenvalue weighted by Crippen LogP contribution is 2.23. The van der Waals surface area contributed by atoms with Crippen molar-refractivity contribution >= 4 is 33.5 Å². The van der Waals surface area contributed by atoms with Gasteiger partial charge in [-0.15, -0.1) is 0 Å². The number of hydrogen-bond acceptors (Lipinski definition) is 1. The summed E-state index contributed by atoms with van der Waals surface area (Å²) in [6.07, 6.45) is 2.11. The van der Waals surface area contributed by atoms with Crippen LogP contribution in [0.25, 0.3) is 33.5 Å². The van der Waals surface area contributed by atoms with E-state index >= 15 is 0 Å². The Morgan fingerprint density at radius 1 is 1.00 bits per heavy atom. The maximum atomic E-state index is 4.77. The molecular weight excluding hydrogens is 272 g/mol. The lowest BCUT2D eigenvalue weighted by Crippen LogP contribution is -2.29. The Morgan fingerprint density at radius 3 is 2.77 bits per heavy atom. The molecule has 4 nitrogen and oxygen atoms in total. The molecule has 0 saturated carbocycles. The van der Waals surface area contributed by atoms with Crippen molar-refractivity contribution in [1.29, 1.82) is 0 Å². The molecule has 0 aliphatic heterocycles. The summed E-state index contributed by atoms with van der Waals surface area (Å²) in [5, 5.41) is 0. The molecule has 3 aromatic heterocycles. The van der Waals surface area contributed by atoms with Crippen LogP contribution in [0.1, 0.15) is 5.56 Å². The summed E-state index contributed by atoms with van der Waals surface area (Å²) in [6.45, 7) is 2.14. The van der Waals surface area contributed by atoms with Gasteiger partial charge < -0.3 is 0 Å². The number of hydrogen-bond donors (Lipinski definition) is 0. The van der Waals surface area contributed by atoms with Crippen molar-refractivity contribution in [2.75, 3.05) is 0 Å². The number of para-hydroxylation sites is 3. The van der Waals surface area contributed by atoms with E-state index in [1.54, 1.807) is 0 Å². The van der Waals surface area contributed by atoms with Gasteiger partial charge in [0.15, 0.2) is 0 Å². The van der Waals surface area contributed by atoms with Crippen LogP contribution in [0.2, 0.25) is 0 Å². The van der Waals surface area contributed by atoms with Crippen LogP contribution >= 0.6 is 0 Å². The highest BCUT2D eigenvalue weighted by Gasteiger charge is 2.21. The van der Waals surface area contributed by atoms with Crippen molar-refractivity contribution in [2.24, 2.45) is 7.05 Å². The summed E-state index contributed by atoms with van der Waals surface area (Å²) in [4.78, 5) is 4.77. The number of imidazole rings is 2. The number of aryl methyl sites for hydroxylation is 2. The second-order valence-electron chi connectivity index (χ2n) is 5.78. The maximum Gasteiger partial charge on any atom is 0.376 e. The quantitative estimate of drug-likeness (QED) is 0.402. The third-order valence-electron chi connectivity index (χ3n) is 4.49. The Balaban J connectivity index is 2.19. The first kappa shape index (κ1) is 11.7. The van der Waals surface area contributed by atoms with Gasteiger partial charge in [0, 0.05) is 6.07 Å². The average molecular weight is 287 g/mol. The molecule has 0 atom stereocenters. The van der Waals surface area contributed by atoms with E-state index in [-0.39, 0.29) is 0 Å². The standard InChI is InChI=1S/C18H15N4/c1-12-6-5-7-13-17(12)22-16(19-13)10-11-21-15-9-4-3-8-14(15)20(2)18(21)22/h3-11H,1-2H3/q+1. The molecule has 0 fully saturated rings. The molecule has 0 unspecified atom stereocenters. The van der Waals surface area contributed by atoms with Gasteiger partial charge in [0.2, 0.25) is 5.65 Å². The minimum absolute atomic E-state index is 0.982. The molecule has 0 bridgehead atoms. The SMILES string of the molecule is Cc1cccc2nc3ccn4c5ccccc5[n+](C)c4n3c12. The van der Waals surface area contributed by atoms with Crippen molar-refractivity contribution in [1.82, 2.24) is 13.8 Å². The second-order valence-corrected chi connectivity index (χ2v) is 5.78. The fraction of sp³-hybridized carbons (Fsp3) is 0.111. The molecule has 2 aromatic carbocycles. The lowest BCUT2D eigenvalue weighted by Gasteiger charge is -1.97. The summed E-state index contributed by atoms with van der Waals surface area (Å²) in [6, 6.07) is 16.8. The highest BCUT2D eigenvalue weighted by atomic mass is 15.2. The zero-order valence-corrected chi connectivity index (χ0v) is 12.5. The Morgan fingerprint density at radius 2 is 1.86 bits per heavy atom. The van der Waals surface area contributed by atoms with E-state index in [4.69, 9.17) is 4.98 Å². The van der Waals surface area contributed by atoms with Crippen molar-refractivity contribution < 1.29 is 4.57 Å². The summed E-state index contributed by atoms with van der Waals surface area (Å²) in [5.74, 6) is 1.12. The van der Waals surface area contributed by atoms with E-state index in [1.165, 1.54) is 22.1 Å². The van der Waals surface area contributed by atoms with Crippen molar-refractivity contribution in [2.45, 2.75) is 6.92 Å². The number of aromatic nitrogens is 4. The third kappa shape index (κ3) is 1.27. The van der Waals surface area contributed by atoms with Crippen LogP contribution in [0.3, 0.4) is 0 Å². The molecule has 0 aliphatic carbocycles. The Kier molecular flexibility index (Phi) is 2.06. The van der Waals surface area contributed by atoms with Gasteiger partial charge in [0.05, 0.1) is 13.2 Å². The largest absolute Gasteiger partial charge is 0.376 e. The van der Waals surface area contributed by atoms with Crippen LogP contribution in [0.15, 0.2) is 54.7 Å². The molecule has 0 N–H and O–H groups in total. The third-order valence-corrected chi connectivity index (χ3v) is 4.49. The monoisotopic (exact) mass is 287 g/mol. The van der Waals surface area contributed by atoms with Crippen LogP contribution in [0, 0.1) is 6.92 Å². The van der Waals surface area contributed by atoms with Crippen molar-refractivity contribution in [3.05, 3.63) is 60.3 Å². The Labute approximate surface area is 126 Å². The van der Waals surface area contributed by atoms with Gasteiger partial charge in [0.25, 0.3) is 0 Å². The summed E-state index contributed by atoms with van der Waals surface area (Å²) >= 11 is 0. The average Bonchev–Trinajstić information content (AvgIpc) is 3.05. The molecule has 106 valence electrons. The molecule has 3 heterocycles. The minimum Gasteiger partial charge on any atom is -0.230 e. The predicted molar refractivity (Wildman–Crippen MR) is 87.1 cm³/mol. The molecule has 0 radical (unpaired) electrons. The number of rotatable bonds is 0. The van der Waals surface area contributed by atoms with Gasteiger partial charge in [-0.3, -0.25) is 0 Å². The number of benzene rings is 2. The molecule has 0 saturated heterocycles. The Bertz CT molecular complexity index is 1190. The van der Waals surface area contributed by atoms with Crippen molar-refractivity contribution in [3.63, 3.8) is 0 Å². The topological polar surface area (TPSA) is 25.6 Å². The molecule has 5 rings (SSSR count). The van der Waals surface area contributed by atoms with E-state index in [9.17, 15) is 0 Å². The molecule has 22 heavy (non-hydrogen) atoms. The van der Waals surface area contributed by atoms with Gasteiger partial charge in [-0.05, 0) is 30.7 Å². The first-order valence-electron chi connectivity index (χ1n) is 7.41. The number of nitrogens with zero attached hydrogens (tertiary/aromatic N) is 4. The van der Waals surface area contributed by atoms with E-state index < -0.39 is 0 Å². The van der Waals surface area contributed by atoms with E-state index in [0.717, 1.165) is 16.9 Å². The molecule has 0 amide bonds. The highest BCUT2D eigenvalue weighted by molar-refractivity contribution is 5.86. The van der Waals surface area contributed by atoms with Gasteiger partial charge in [-0.1, -0.05) is 24.3 Å². The Hall–Kier alpha value is -2.88. The van der Waals surface area contributed by atoms with Crippen LogP contribution in [-0.4, -0.2) is 13.8 Å². The maximum absolute atomic E-state index is 4.77. The van der Waals surface area contributed by atoms with E-state index in [0.29, 0.717) is 0 Å². The van der Waals surface area contributed by atoms with Crippen LogP contribution in [0.5, 0.6) is 0 Å². The molecular formula is C18H15N4+. The van der Waals surface area contributed by atoms with Crippen LogP contribution in [-0.2, 0) is 7.05 Å². The molecule has 5 aromatic rings. The van der Waals surface area contributed by atoms with Gasteiger partial charge >= 0.3 is 5.78 Å². The van der Waals surface area contributed by atoms with E-state index in [1.807, 2.05) is 0 Å². The first-order valence-corrected chi connectivity index (χ1v) is 7.41. The second kappa shape index (κ2) is 3.85. The molecule has 0 aliphatic rings. The zero-order valence-electron chi connectivity index (χ0n) is 12.5. The predicted octanol–water partition coefficient (Wildman–Crippen LogP) is 3.03. The summed E-state index contributed by atoms with van der Waals surface area (Å²) in [7, 11) is 2.11. The van der Waals surface area contributed by atoms with E-state index in [2.05, 4.69) is 82.1 Å². The fourth-order valence-corrected chi connectivity index (χ4v) is 3.50. The van der Waals surface area contributed by atoms with Crippen molar-refractivity contribution in [3.8, 4) is 0 Å². The van der Waals surface area contributed by atoms with Gasteiger partial charge in [-0.25, -0.2) is 14.0 Å². The normalized spacial score (nSPS) is 12.1. The summed E-state index contributed by atoms with van der Waals surface area (Å²) < 4.78 is 6.72. The zero-order chi connectivity index (χ0) is 14.8.